The Kier molecular flexibility index (Phi) is 7.88. The van der Waals surface area contributed by atoms with Crippen LogP contribution in [-0.2, 0) is 12.7 Å². The van der Waals surface area contributed by atoms with Gasteiger partial charge in [0.2, 0.25) is 0 Å². The number of hydrogen-bond acceptors (Lipinski definition) is 5. The van der Waals surface area contributed by atoms with Crippen molar-refractivity contribution in [3.63, 3.8) is 0 Å². The van der Waals surface area contributed by atoms with Crippen molar-refractivity contribution in [2.75, 3.05) is 37.7 Å². The van der Waals surface area contributed by atoms with Gasteiger partial charge in [-0.3, -0.25) is 4.90 Å². The molecule has 188 valence electrons. The highest BCUT2D eigenvalue weighted by Gasteiger charge is 2.36. The molecule has 2 fully saturated rings. The minimum absolute atomic E-state index is 0.372. The van der Waals surface area contributed by atoms with E-state index in [-0.39, 0.29) is 5.56 Å². The second kappa shape index (κ2) is 10.9. The van der Waals surface area contributed by atoms with Crippen molar-refractivity contribution in [2.24, 2.45) is 0 Å². The summed E-state index contributed by atoms with van der Waals surface area (Å²) in [6.45, 7) is 4.51. The van der Waals surface area contributed by atoms with Crippen LogP contribution in [0, 0.1) is 11.3 Å². The predicted octanol–water partition coefficient (Wildman–Crippen LogP) is 5.36. The first kappa shape index (κ1) is 25.3. The van der Waals surface area contributed by atoms with Gasteiger partial charge >= 0.3 is 6.18 Å². The third-order valence-electron chi connectivity index (χ3n) is 7.10. The van der Waals surface area contributed by atoms with E-state index >= 15 is 0 Å². The van der Waals surface area contributed by atoms with Gasteiger partial charge in [-0.1, -0.05) is 18.6 Å². The molecule has 0 aromatic heterocycles. The zero-order valence-corrected chi connectivity index (χ0v) is 19.9. The fourth-order valence-corrected chi connectivity index (χ4v) is 4.92. The molecule has 5 nitrogen and oxygen atoms in total. The zero-order valence-electron chi connectivity index (χ0n) is 19.9. The minimum Gasteiger partial charge on any atom is -0.493 e. The van der Waals surface area contributed by atoms with Gasteiger partial charge in [0.1, 0.15) is 5.75 Å². The smallest absolute Gasteiger partial charge is 0.417 e. The van der Waals surface area contributed by atoms with Crippen LogP contribution in [0.1, 0.15) is 55.2 Å². The van der Waals surface area contributed by atoms with Crippen molar-refractivity contribution in [3.8, 4) is 11.8 Å². The van der Waals surface area contributed by atoms with E-state index in [0.717, 1.165) is 31.5 Å². The van der Waals surface area contributed by atoms with Crippen molar-refractivity contribution < 1.29 is 23.0 Å². The lowest BCUT2D eigenvalue weighted by Crippen LogP contribution is -2.45. The van der Waals surface area contributed by atoms with Gasteiger partial charge in [-0.05, 0) is 74.7 Å². The molecule has 0 amide bonds. The molecule has 0 atom stereocenters. The van der Waals surface area contributed by atoms with Crippen LogP contribution in [0.5, 0.6) is 5.75 Å². The lowest BCUT2D eigenvalue weighted by molar-refractivity contribution is -0.137. The Morgan fingerprint density at radius 1 is 0.971 bits per heavy atom. The summed E-state index contributed by atoms with van der Waals surface area (Å²) in [6.07, 6.45) is 0.604. The topological polar surface area (TPSA) is 59.7 Å². The van der Waals surface area contributed by atoms with Crippen LogP contribution in [0.4, 0.5) is 18.9 Å². The maximum absolute atomic E-state index is 13.3. The van der Waals surface area contributed by atoms with Crippen LogP contribution >= 0.6 is 0 Å². The normalized spacial score (nSPS) is 18.8. The molecule has 0 saturated carbocycles. The molecule has 2 aromatic rings. The quantitative estimate of drug-likeness (QED) is 0.570. The number of halogens is 3. The average molecular weight is 488 g/mol. The first-order chi connectivity index (χ1) is 16.8. The molecule has 0 unspecified atom stereocenters. The number of ether oxygens (including phenoxy) is 1. The molecule has 8 heteroatoms. The molecular weight excluding hydrogens is 455 g/mol. The van der Waals surface area contributed by atoms with Gasteiger partial charge in [0.15, 0.2) is 0 Å². The maximum Gasteiger partial charge on any atom is 0.417 e. The lowest BCUT2D eigenvalue weighted by atomic mass is 9.88. The molecule has 1 N–H and O–H groups in total. The minimum atomic E-state index is -4.58. The number of benzene rings is 2. The average Bonchev–Trinajstić information content (AvgIpc) is 2.85. The SMILES string of the molecule is N#Cc1ccc(N2CCC(O)(CCOc3ccc(CN4CCCCC4)cc3)CC2)cc1C(F)(F)F. The lowest BCUT2D eigenvalue weighted by Gasteiger charge is -2.39. The fourth-order valence-electron chi connectivity index (χ4n) is 4.92. The summed E-state index contributed by atoms with van der Waals surface area (Å²) in [6, 6.07) is 13.5. The molecule has 0 spiro atoms. The van der Waals surface area contributed by atoms with E-state index in [1.807, 2.05) is 17.0 Å². The third kappa shape index (κ3) is 6.68. The molecule has 4 rings (SSSR count). The van der Waals surface area contributed by atoms with Crippen LogP contribution in [0.15, 0.2) is 42.5 Å². The highest BCUT2D eigenvalue weighted by atomic mass is 19.4. The monoisotopic (exact) mass is 487 g/mol. The van der Waals surface area contributed by atoms with Crippen molar-refractivity contribution >= 4 is 5.69 Å². The first-order valence-electron chi connectivity index (χ1n) is 12.3. The molecular formula is C27H32F3N3O2. The summed E-state index contributed by atoms with van der Waals surface area (Å²) in [5, 5.41) is 20.0. The van der Waals surface area contributed by atoms with Crippen molar-refractivity contribution in [1.82, 2.24) is 4.90 Å². The van der Waals surface area contributed by atoms with Gasteiger partial charge in [-0.25, -0.2) is 0 Å². The molecule has 0 aliphatic carbocycles. The van der Waals surface area contributed by atoms with Gasteiger partial charge < -0.3 is 14.7 Å². The standard InChI is InChI=1S/C27H32F3N3O2/c28-27(29,30)25-18-23(7-6-22(25)19-31)33-15-10-26(34,11-16-33)12-17-35-24-8-4-21(5-9-24)20-32-13-2-1-3-14-32/h4-9,18,34H,1-3,10-17,20H2. The number of anilines is 1. The zero-order chi connectivity index (χ0) is 24.9. The van der Waals surface area contributed by atoms with Crippen molar-refractivity contribution in [1.29, 1.82) is 5.26 Å². The van der Waals surface area contributed by atoms with Crippen LogP contribution in [0.2, 0.25) is 0 Å². The summed E-state index contributed by atoms with van der Waals surface area (Å²) in [5.74, 6) is 0.769. The molecule has 2 aromatic carbocycles. The second-order valence-electron chi connectivity index (χ2n) is 9.63. The van der Waals surface area contributed by atoms with Gasteiger partial charge in [-0.2, -0.15) is 18.4 Å². The molecule has 2 aliphatic heterocycles. The van der Waals surface area contributed by atoms with E-state index in [2.05, 4.69) is 17.0 Å². The van der Waals surface area contributed by atoms with Crippen molar-refractivity contribution in [3.05, 3.63) is 59.2 Å². The highest BCUT2D eigenvalue weighted by Crippen LogP contribution is 2.36. The summed E-state index contributed by atoms with van der Waals surface area (Å²) < 4.78 is 45.7. The van der Waals surface area contributed by atoms with E-state index in [9.17, 15) is 18.3 Å². The molecule has 2 saturated heterocycles. The molecule has 0 bridgehead atoms. The van der Waals surface area contributed by atoms with E-state index in [0.29, 0.717) is 44.6 Å². The van der Waals surface area contributed by atoms with Gasteiger partial charge in [0, 0.05) is 31.7 Å². The summed E-state index contributed by atoms with van der Waals surface area (Å²) in [7, 11) is 0. The van der Waals surface area contributed by atoms with Gasteiger partial charge in [0.05, 0.1) is 29.4 Å². The number of likely N-dealkylation sites (tertiary alicyclic amines) is 1. The fraction of sp³-hybridized carbons (Fsp3) is 0.519. The van der Waals surface area contributed by atoms with Crippen LogP contribution in [0.25, 0.3) is 0 Å². The molecule has 2 aliphatic rings. The number of alkyl halides is 3. The summed E-state index contributed by atoms with van der Waals surface area (Å²) in [4.78, 5) is 4.30. The van der Waals surface area contributed by atoms with Crippen LogP contribution in [0.3, 0.4) is 0 Å². The number of piperidine rings is 2. The Hall–Kier alpha value is -2.76. The first-order valence-corrected chi connectivity index (χ1v) is 12.3. The van der Waals surface area contributed by atoms with Gasteiger partial charge in [-0.15, -0.1) is 0 Å². The third-order valence-corrected chi connectivity index (χ3v) is 7.10. The molecule has 2 heterocycles. The summed E-state index contributed by atoms with van der Waals surface area (Å²) in [5.41, 5.74) is -0.537. The highest BCUT2D eigenvalue weighted by molar-refractivity contribution is 5.55. The maximum atomic E-state index is 13.3. The number of aliphatic hydroxyl groups is 1. The predicted molar refractivity (Wildman–Crippen MR) is 128 cm³/mol. The Labute approximate surface area is 204 Å². The number of hydrogen-bond donors (Lipinski definition) is 1. The van der Waals surface area contributed by atoms with Gasteiger partial charge in [0.25, 0.3) is 0 Å². The second-order valence-corrected chi connectivity index (χ2v) is 9.63. The Bertz CT molecular complexity index is 1020. The van der Waals surface area contributed by atoms with E-state index < -0.39 is 17.3 Å². The Morgan fingerprint density at radius 3 is 2.29 bits per heavy atom. The Balaban J connectivity index is 1.25. The van der Waals surface area contributed by atoms with E-state index in [4.69, 9.17) is 10.00 Å². The number of rotatable bonds is 7. The molecule has 0 radical (unpaired) electrons. The van der Waals surface area contributed by atoms with E-state index in [1.165, 1.54) is 37.0 Å². The van der Waals surface area contributed by atoms with Crippen LogP contribution in [-0.4, -0.2) is 48.4 Å². The van der Waals surface area contributed by atoms with Crippen LogP contribution < -0.4 is 9.64 Å². The van der Waals surface area contributed by atoms with Crippen molar-refractivity contribution in [2.45, 2.75) is 56.8 Å². The summed E-state index contributed by atoms with van der Waals surface area (Å²) >= 11 is 0. The largest absolute Gasteiger partial charge is 0.493 e. The Morgan fingerprint density at radius 2 is 1.66 bits per heavy atom. The number of nitriles is 1. The number of nitrogens with zero attached hydrogens (tertiary/aromatic N) is 3. The molecule has 35 heavy (non-hydrogen) atoms. The van der Waals surface area contributed by atoms with E-state index in [1.54, 1.807) is 6.07 Å².